The number of ether oxygens (including phenoxy) is 1. The van der Waals surface area contributed by atoms with Gasteiger partial charge in [-0.1, -0.05) is 67.6 Å². The molecule has 0 fully saturated rings. The molecule has 1 amide bonds. The monoisotopic (exact) mass is 593 g/mol. The van der Waals surface area contributed by atoms with Gasteiger partial charge in [-0.3, -0.25) is 9.69 Å². The fraction of sp³-hybridized carbons (Fsp3) is 0.382. The normalized spacial score (nSPS) is 18.8. The number of rotatable bonds is 6. The van der Waals surface area contributed by atoms with Crippen molar-refractivity contribution in [2.24, 2.45) is 13.0 Å². The Morgan fingerprint density at radius 2 is 1.79 bits per heavy atom. The molecule has 0 spiro atoms. The molecular weight excluding hydrogens is 555 g/mol. The van der Waals surface area contributed by atoms with E-state index in [4.69, 9.17) is 4.74 Å². The van der Waals surface area contributed by atoms with Crippen LogP contribution in [0.2, 0.25) is 0 Å². The summed E-state index contributed by atoms with van der Waals surface area (Å²) in [6.45, 7) is 5.02. The van der Waals surface area contributed by atoms with Crippen LogP contribution >= 0.6 is 0 Å². The Balaban J connectivity index is 1.53. The van der Waals surface area contributed by atoms with Crippen molar-refractivity contribution < 1.29 is 27.8 Å². The Morgan fingerprint density at radius 1 is 1.07 bits per heavy atom. The minimum Gasteiger partial charge on any atom is -0.394 e. The van der Waals surface area contributed by atoms with E-state index >= 15 is 0 Å². The topological polar surface area (TPSA) is 57.9 Å². The molecule has 0 saturated heterocycles. The van der Waals surface area contributed by atoms with Crippen LogP contribution < -0.4 is 0 Å². The van der Waals surface area contributed by atoms with E-state index in [0.717, 1.165) is 33.7 Å². The number of halogens is 3. The Kier molecular flexibility index (Phi) is 8.96. The zero-order valence-electron chi connectivity index (χ0n) is 24.9. The van der Waals surface area contributed by atoms with Crippen molar-refractivity contribution >= 4 is 16.8 Å². The smallest absolute Gasteiger partial charge is 0.394 e. The third kappa shape index (κ3) is 6.34. The van der Waals surface area contributed by atoms with E-state index in [1.54, 1.807) is 11.0 Å². The quantitative estimate of drug-likeness (QED) is 0.283. The summed E-state index contributed by atoms with van der Waals surface area (Å²) in [4.78, 5) is 18.1. The van der Waals surface area contributed by atoms with Crippen LogP contribution in [0, 0.1) is 5.92 Å². The van der Waals surface area contributed by atoms with Crippen molar-refractivity contribution in [3.8, 4) is 11.1 Å². The van der Waals surface area contributed by atoms with Crippen LogP contribution in [0.3, 0.4) is 0 Å². The van der Waals surface area contributed by atoms with Gasteiger partial charge in [0, 0.05) is 49.1 Å². The lowest BCUT2D eigenvalue weighted by atomic mass is 9.96. The van der Waals surface area contributed by atoms with E-state index in [-0.39, 0.29) is 24.5 Å². The maximum absolute atomic E-state index is 14.4. The van der Waals surface area contributed by atoms with Gasteiger partial charge in [-0.25, -0.2) is 0 Å². The number of aliphatic hydroxyl groups is 1. The van der Waals surface area contributed by atoms with Gasteiger partial charge in [-0.2, -0.15) is 13.2 Å². The van der Waals surface area contributed by atoms with Crippen LogP contribution in [0.5, 0.6) is 0 Å². The molecule has 3 aromatic carbocycles. The molecule has 0 bridgehead atoms. The number of fused-ring (bicyclic) bond motifs is 5. The number of carbonyl (C=O) groups excluding carboxylic acids is 1. The molecule has 228 valence electrons. The minimum atomic E-state index is -4.41. The second kappa shape index (κ2) is 12.5. The Bertz CT molecular complexity index is 1600. The molecule has 6 nitrogen and oxygen atoms in total. The lowest BCUT2D eigenvalue weighted by Crippen LogP contribution is -2.47. The maximum atomic E-state index is 14.4. The number of amides is 1. The van der Waals surface area contributed by atoms with Crippen LogP contribution in [0.25, 0.3) is 22.0 Å². The van der Waals surface area contributed by atoms with Crippen LogP contribution in [0.1, 0.15) is 41.0 Å². The summed E-state index contributed by atoms with van der Waals surface area (Å²) in [7, 11) is 3.76. The van der Waals surface area contributed by atoms with E-state index in [1.807, 2.05) is 85.9 Å². The Labute approximate surface area is 250 Å². The highest BCUT2D eigenvalue weighted by Gasteiger charge is 2.34. The van der Waals surface area contributed by atoms with Gasteiger partial charge in [0.05, 0.1) is 30.9 Å². The first-order valence-corrected chi connectivity index (χ1v) is 14.5. The summed E-state index contributed by atoms with van der Waals surface area (Å²) in [5.74, 6) is -0.319. The summed E-state index contributed by atoms with van der Waals surface area (Å²) < 4.78 is 48.4. The van der Waals surface area contributed by atoms with Gasteiger partial charge in [-0.05, 0) is 42.8 Å². The van der Waals surface area contributed by atoms with Gasteiger partial charge in [0.2, 0.25) is 0 Å². The molecule has 0 radical (unpaired) electrons. The predicted octanol–water partition coefficient (Wildman–Crippen LogP) is 6.35. The average molecular weight is 594 g/mol. The number of likely N-dealkylation sites (N-methyl/N-ethyl adjacent to an activating group) is 1. The molecule has 0 unspecified atom stereocenters. The van der Waals surface area contributed by atoms with E-state index in [0.29, 0.717) is 37.5 Å². The van der Waals surface area contributed by atoms with Crippen LogP contribution in [-0.4, -0.2) is 64.3 Å². The standard InChI is InChI=1S/C34H38F3N3O3/c1-22-17-40(23(2)20-41)33(42)32-31(28-14-7-8-15-29(28)39(32)4)27-13-6-5-11-25(27)21-43-30(22)19-38(3)18-24-10-9-12-26(16-24)34(35,36)37/h5-16,22-23,30,41H,17-21H2,1-4H3/t22-,23-,30+/m0/s1. The number of aliphatic hydroxyl groups excluding tert-OH is 1. The summed E-state index contributed by atoms with van der Waals surface area (Å²) in [6.07, 6.45) is -4.75. The molecule has 5 rings (SSSR count). The average Bonchev–Trinajstić information content (AvgIpc) is 3.28. The third-order valence-corrected chi connectivity index (χ3v) is 8.42. The van der Waals surface area contributed by atoms with Crippen molar-refractivity contribution in [3.05, 3.63) is 95.2 Å². The first-order chi connectivity index (χ1) is 20.5. The fourth-order valence-electron chi connectivity index (χ4n) is 6.05. The maximum Gasteiger partial charge on any atom is 0.416 e. The molecular formula is C34H38F3N3O3. The first kappa shape index (κ1) is 30.8. The number of aryl methyl sites for hydroxylation is 1. The number of carbonyl (C=O) groups is 1. The summed E-state index contributed by atoms with van der Waals surface area (Å²) >= 11 is 0. The molecule has 1 aliphatic rings. The number of benzene rings is 3. The molecule has 9 heteroatoms. The fourth-order valence-corrected chi connectivity index (χ4v) is 6.05. The summed E-state index contributed by atoms with van der Waals surface area (Å²) in [5.41, 5.74) is 4.06. The molecule has 4 aromatic rings. The highest BCUT2D eigenvalue weighted by molar-refractivity contribution is 6.10. The molecule has 1 aromatic heterocycles. The van der Waals surface area contributed by atoms with Crippen molar-refractivity contribution in [1.82, 2.24) is 14.4 Å². The lowest BCUT2D eigenvalue weighted by Gasteiger charge is -2.35. The van der Waals surface area contributed by atoms with Gasteiger partial charge >= 0.3 is 6.18 Å². The molecule has 3 atom stereocenters. The molecule has 1 aliphatic heterocycles. The summed E-state index contributed by atoms with van der Waals surface area (Å²) in [6, 6.07) is 20.8. The highest BCUT2D eigenvalue weighted by atomic mass is 19.4. The number of aromatic nitrogens is 1. The molecule has 0 saturated carbocycles. The van der Waals surface area contributed by atoms with Crippen molar-refractivity contribution in [2.75, 3.05) is 26.7 Å². The third-order valence-electron chi connectivity index (χ3n) is 8.42. The first-order valence-electron chi connectivity index (χ1n) is 14.5. The predicted molar refractivity (Wildman–Crippen MR) is 161 cm³/mol. The zero-order valence-corrected chi connectivity index (χ0v) is 24.9. The van der Waals surface area contributed by atoms with E-state index in [2.05, 4.69) is 0 Å². The SMILES string of the molecule is C[C@H]1CN([C@@H](C)CO)C(=O)c2c(c3ccccc3n2C)-c2ccccc2CO[C@@H]1CN(C)Cc1cccc(C(F)(F)F)c1. The van der Waals surface area contributed by atoms with Crippen molar-refractivity contribution in [1.29, 1.82) is 0 Å². The molecule has 43 heavy (non-hydrogen) atoms. The van der Waals surface area contributed by atoms with Gasteiger partial charge in [-0.15, -0.1) is 0 Å². The van der Waals surface area contributed by atoms with Crippen molar-refractivity contribution in [3.63, 3.8) is 0 Å². The van der Waals surface area contributed by atoms with E-state index < -0.39 is 17.8 Å². The number of alkyl halides is 3. The summed E-state index contributed by atoms with van der Waals surface area (Å²) in [5, 5.41) is 11.1. The van der Waals surface area contributed by atoms with Crippen LogP contribution in [0.15, 0.2) is 72.8 Å². The molecule has 1 N–H and O–H groups in total. The largest absolute Gasteiger partial charge is 0.416 e. The van der Waals surface area contributed by atoms with Gasteiger partial charge in [0.15, 0.2) is 0 Å². The lowest BCUT2D eigenvalue weighted by molar-refractivity contribution is -0.137. The zero-order chi connectivity index (χ0) is 30.9. The Hall–Kier alpha value is -3.66. The second-order valence-electron chi connectivity index (χ2n) is 11.7. The Morgan fingerprint density at radius 3 is 2.53 bits per heavy atom. The van der Waals surface area contributed by atoms with Gasteiger partial charge < -0.3 is 19.3 Å². The second-order valence-corrected chi connectivity index (χ2v) is 11.7. The molecule has 0 aliphatic carbocycles. The van der Waals surface area contributed by atoms with Crippen LogP contribution in [-0.2, 0) is 31.1 Å². The number of hydrogen-bond donors (Lipinski definition) is 1. The van der Waals surface area contributed by atoms with Gasteiger partial charge in [0.1, 0.15) is 5.69 Å². The van der Waals surface area contributed by atoms with E-state index in [1.165, 1.54) is 12.1 Å². The highest BCUT2D eigenvalue weighted by Crippen LogP contribution is 2.38. The van der Waals surface area contributed by atoms with Crippen LogP contribution in [0.4, 0.5) is 13.2 Å². The number of para-hydroxylation sites is 1. The van der Waals surface area contributed by atoms with Gasteiger partial charge in [0.25, 0.3) is 5.91 Å². The minimum absolute atomic E-state index is 0.148. The number of nitrogens with zero attached hydrogens (tertiary/aromatic N) is 3. The van der Waals surface area contributed by atoms with Crippen molar-refractivity contribution in [2.45, 2.75) is 45.3 Å². The molecule has 2 heterocycles. The van der Waals surface area contributed by atoms with E-state index in [9.17, 15) is 23.1 Å². The number of hydrogen-bond acceptors (Lipinski definition) is 4.